The van der Waals surface area contributed by atoms with Gasteiger partial charge in [0.1, 0.15) is 22.9 Å². The molecule has 5 nitrogen and oxygen atoms in total. The van der Waals surface area contributed by atoms with E-state index in [0.29, 0.717) is 37.8 Å². The number of hydrogen-bond donors (Lipinski definition) is 0. The van der Waals surface area contributed by atoms with Crippen LogP contribution in [0.5, 0.6) is 5.75 Å². The topological polar surface area (TPSA) is 55.3 Å². The molecule has 0 aliphatic rings. The fourth-order valence-corrected chi connectivity index (χ4v) is 4.18. The van der Waals surface area contributed by atoms with E-state index in [4.69, 9.17) is 16.3 Å². The second kappa shape index (κ2) is 8.33. The lowest BCUT2D eigenvalue weighted by molar-refractivity contribution is 0.0981. The zero-order valence-electron chi connectivity index (χ0n) is 15.6. The second-order valence-electron chi connectivity index (χ2n) is 6.30. The molecule has 0 saturated heterocycles. The van der Waals surface area contributed by atoms with Gasteiger partial charge in [0.05, 0.1) is 28.9 Å². The van der Waals surface area contributed by atoms with Crippen LogP contribution in [-0.2, 0) is 6.54 Å². The molecule has 2 heterocycles. The number of ether oxygens (including phenoxy) is 1. The second-order valence-corrected chi connectivity index (χ2v) is 7.69. The van der Waals surface area contributed by atoms with E-state index in [1.54, 1.807) is 36.7 Å². The van der Waals surface area contributed by atoms with Gasteiger partial charge in [-0.1, -0.05) is 29.0 Å². The van der Waals surface area contributed by atoms with Gasteiger partial charge in [-0.05, 0) is 35.9 Å². The molecule has 4 rings (SSSR count). The molecule has 152 valence electrons. The maximum atomic E-state index is 14.3. The van der Waals surface area contributed by atoms with Crippen molar-refractivity contribution in [3.63, 3.8) is 0 Å². The van der Waals surface area contributed by atoms with E-state index in [0.717, 1.165) is 12.1 Å². The van der Waals surface area contributed by atoms with Crippen molar-refractivity contribution in [2.45, 2.75) is 6.54 Å². The molecular weight excluding hydrogens is 432 g/mol. The Morgan fingerprint density at radius 1 is 1.23 bits per heavy atom. The van der Waals surface area contributed by atoms with Crippen LogP contribution in [0.2, 0.25) is 5.02 Å². The van der Waals surface area contributed by atoms with Crippen LogP contribution in [0.4, 0.5) is 13.9 Å². The van der Waals surface area contributed by atoms with Gasteiger partial charge < -0.3 is 4.74 Å². The number of nitrogens with zero attached hydrogens (tertiary/aromatic N) is 3. The summed E-state index contributed by atoms with van der Waals surface area (Å²) in [5.41, 5.74) is 0.942. The first-order valence-corrected chi connectivity index (χ1v) is 9.96. The average molecular weight is 446 g/mol. The molecule has 0 spiro atoms. The lowest BCUT2D eigenvalue weighted by atomic mass is 10.1. The number of aromatic nitrogens is 2. The highest BCUT2D eigenvalue weighted by atomic mass is 35.5. The predicted molar refractivity (Wildman–Crippen MR) is 112 cm³/mol. The number of halogens is 3. The van der Waals surface area contributed by atoms with Crippen LogP contribution in [0.3, 0.4) is 0 Å². The Morgan fingerprint density at radius 2 is 2.07 bits per heavy atom. The number of carbonyl (C=O) groups is 1. The summed E-state index contributed by atoms with van der Waals surface area (Å²) in [5.74, 6) is -1.88. The van der Waals surface area contributed by atoms with Crippen LogP contribution in [0.25, 0.3) is 10.2 Å². The lowest BCUT2D eigenvalue weighted by Gasteiger charge is -2.20. The van der Waals surface area contributed by atoms with Crippen molar-refractivity contribution < 1.29 is 18.3 Å². The summed E-state index contributed by atoms with van der Waals surface area (Å²) in [6.45, 7) is 0.0866. The van der Waals surface area contributed by atoms with Gasteiger partial charge in [-0.3, -0.25) is 14.7 Å². The van der Waals surface area contributed by atoms with E-state index in [-0.39, 0.29) is 12.1 Å². The Kier molecular flexibility index (Phi) is 5.61. The third kappa shape index (κ3) is 3.83. The fraction of sp³-hybridized carbons (Fsp3) is 0.0952. The summed E-state index contributed by atoms with van der Waals surface area (Å²) < 4.78 is 33.7. The monoisotopic (exact) mass is 445 g/mol. The number of fused-ring (bicyclic) bond motifs is 1. The number of thiazole rings is 1. The molecule has 0 radical (unpaired) electrons. The smallest absolute Gasteiger partial charge is 0.263 e. The van der Waals surface area contributed by atoms with Crippen LogP contribution < -0.4 is 9.64 Å². The molecule has 2 aromatic carbocycles. The van der Waals surface area contributed by atoms with Crippen molar-refractivity contribution in [2.24, 2.45) is 0 Å². The third-order valence-corrected chi connectivity index (χ3v) is 5.91. The molecule has 9 heteroatoms. The van der Waals surface area contributed by atoms with E-state index in [2.05, 4.69) is 9.97 Å². The molecule has 0 atom stereocenters. The molecule has 0 aliphatic carbocycles. The standard InChI is InChI=1S/C21H14ClF2N3O2S/c1-29-17-7-6-15(22)19-18(17)26-21(30-19)27(11-12-3-2-8-25-10-12)20(28)14-5-4-13(23)9-16(14)24/h2-10H,11H2,1H3. The number of anilines is 1. The predicted octanol–water partition coefficient (Wildman–Crippen LogP) is 5.48. The molecule has 30 heavy (non-hydrogen) atoms. The largest absolute Gasteiger partial charge is 0.494 e. The SMILES string of the molecule is COc1ccc(Cl)c2sc(N(Cc3cccnc3)C(=O)c3ccc(F)cc3F)nc12. The number of hydrogen-bond acceptors (Lipinski definition) is 5. The Bertz CT molecular complexity index is 1230. The molecule has 4 aromatic rings. The number of amides is 1. The van der Waals surface area contributed by atoms with Crippen molar-refractivity contribution in [2.75, 3.05) is 12.0 Å². The summed E-state index contributed by atoms with van der Waals surface area (Å²) in [6.07, 6.45) is 3.21. The summed E-state index contributed by atoms with van der Waals surface area (Å²) >= 11 is 7.48. The maximum Gasteiger partial charge on any atom is 0.263 e. The van der Waals surface area contributed by atoms with E-state index in [9.17, 15) is 13.6 Å². The normalized spacial score (nSPS) is 10.9. The van der Waals surface area contributed by atoms with Gasteiger partial charge in [-0.2, -0.15) is 0 Å². The molecule has 2 aromatic heterocycles. The lowest BCUT2D eigenvalue weighted by Crippen LogP contribution is -2.31. The minimum absolute atomic E-state index is 0.0866. The molecule has 0 N–H and O–H groups in total. The van der Waals surface area contributed by atoms with Gasteiger partial charge in [-0.25, -0.2) is 13.8 Å². The molecule has 0 fully saturated rings. The Hall–Kier alpha value is -3.10. The zero-order chi connectivity index (χ0) is 21.3. The summed E-state index contributed by atoms with van der Waals surface area (Å²) in [6, 6.07) is 9.71. The quantitative estimate of drug-likeness (QED) is 0.408. The molecule has 0 aliphatic heterocycles. The number of carbonyl (C=O) groups excluding carboxylic acids is 1. The van der Waals surface area contributed by atoms with E-state index >= 15 is 0 Å². The van der Waals surface area contributed by atoms with Gasteiger partial charge in [0.25, 0.3) is 5.91 Å². The summed E-state index contributed by atoms with van der Waals surface area (Å²) in [7, 11) is 1.51. The Balaban J connectivity index is 1.84. The summed E-state index contributed by atoms with van der Waals surface area (Å²) in [4.78, 5) is 23.1. The van der Waals surface area contributed by atoms with Gasteiger partial charge in [0, 0.05) is 18.5 Å². The van der Waals surface area contributed by atoms with Crippen LogP contribution in [0.1, 0.15) is 15.9 Å². The van der Waals surface area contributed by atoms with E-state index < -0.39 is 17.5 Å². The van der Waals surface area contributed by atoms with Crippen LogP contribution in [0, 0.1) is 11.6 Å². The summed E-state index contributed by atoms with van der Waals surface area (Å²) in [5, 5.41) is 0.755. The molecule has 0 unspecified atom stereocenters. The van der Waals surface area contributed by atoms with E-state index in [1.165, 1.54) is 23.3 Å². The Morgan fingerprint density at radius 3 is 2.77 bits per heavy atom. The average Bonchev–Trinajstić information content (AvgIpc) is 3.19. The van der Waals surface area contributed by atoms with Crippen molar-refractivity contribution in [1.29, 1.82) is 0 Å². The van der Waals surface area contributed by atoms with Crippen LogP contribution in [0.15, 0.2) is 54.9 Å². The van der Waals surface area contributed by atoms with Crippen molar-refractivity contribution in [1.82, 2.24) is 9.97 Å². The van der Waals surface area contributed by atoms with E-state index in [1.807, 2.05) is 0 Å². The van der Waals surface area contributed by atoms with Crippen molar-refractivity contribution in [3.05, 3.63) is 82.6 Å². The van der Waals surface area contributed by atoms with Crippen molar-refractivity contribution >= 4 is 44.2 Å². The first-order valence-electron chi connectivity index (χ1n) is 8.77. The number of pyridine rings is 1. The number of methoxy groups -OCH3 is 1. The molecule has 0 bridgehead atoms. The van der Waals surface area contributed by atoms with Crippen molar-refractivity contribution in [3.8, 4) is 5.75 Å². The number of rotatable bonds is 5. The van der Waals surface area contributed by atoms with Crippen LogP contribution >= 0.6 is 22.9 Å². The minimum Gasteiger partial charge on any atom is -0.494 e. The van der Waals surface area contributed by atoms with Crippen LogP contribution in [-0.4, -0.2) is 23.0 Å². The third-order valence-electron chi connectivity index (χ3n) is 4.37. The molecule has 0 saturated carbocycles. The molecular formula is C21H14ClF2N3O2S. The zero-order valence-corrected chi connectivity index (χ0v) is 17.2. The fourth-order valence-electron chi connectivity index (χ4n) is 2.93. The maximum absolute atomic E-state index is 14.3. The van der Waals surface area contributed by atoms with Gasteiger partial charge >= 0.3 is 0 Å². The number of benzene rings is 2. The Labute approximate surface area is 179 Å². The first kappa shape index (κ1) is 20.2. The highest BCUT2D eigenvalue weighted by molar-refractivity contribution is 7.23. The minimum atomic E-state index is -0.951. The molecule has 1 amide bonds. The first-order chi connectivity index (χ1) is 14.5. The highest BCUT2D eigenvalue weighted by Gasteiger charge is 2.25. The van der Waals surface area contributed by atoms with Gasteiger partial charge in [0.15, 0.2) is 5.13 Å². The highest BCUT2D eigenvalue weighted by Crippen LogP contribution is 2.39. The van der Waals surface area contributed by atoms with Gasteiger partial charge in [0.2, 0.25) is 0 Å². The van der Waals surface area contributed by atoms with Gasteiger partial charge in [-0.15, -0.1) is 0 Å².